The number of nitro groups is 1. The number of hydrogen-bond donors (Lipinski definition) is 1. The molecule has 2 aromatic rings. The van der Waals surface area contributed by atoms with Crippen molar-refractivity contribution in [3.8, 4) is 0 Å². The van der Waals surface area contributed by atoms with Crippen LogP contribution in [0.2, 0.25) is 0 Å². The predicted molar refractivity (Wildman–Crippen MR) is 66.8 cm³/mol. The number of nitrogens with zero attached hydrogens (tertiary/aromatic N) is 4. The quantitative estimate of drug-likeness (QED) is 0.662. The van der Waals surface area contributed by atoms with Gasteiger partial charge in [0.1, 0.15) is 5.69 Å². The number of carbonyl (C=O) groups is 1. The zero-order valence-electron chi connectivity index (χ0n) is 10.3. The first-order valence-corrected chi connectivity index (χ1v) is 5.40. The maximum Gasteiger partial charge on any atom is 0.322 e. The summed E-state index contributed by atoms with van der Waals surface area (Å²) in [4.78, 5) is 26.3. The van der Waals surface area contributed by atoms with Gasteiger partial charge in [0.05, 0.1) is 4.92 Å². The van der Waals surface area contributed by atoms with Gasteiger partial charge in [-0.25, -0.2) is 0 Å². The molecule has 2 heterocycles. The Morgan fingerprint density at radius 3 is 2.63 bits per heavy atom. The molecule has 0 aliphatic rings. The molecule has 0 radical (unpaired) electrons. The number of nitrogens with one attached hydrogen (secondary N) is 1. The van der Waals surface area contributed by atoms with Crippen molar-refractivity contribution >= 4 is 17.3 Å². The van der Waals surface area contributed by atoms with E-state index in [2.05, 4.69) is 15.4 Å². The average Bonchev–Trinajstić information content (AvgIpc) is 2.65. The lowest BCUT2D eigenvalue weighted by molar-refractivity contribution is -0.385. The van der Waals surface area contributed by atoms with E-state index in [0.717, 1.165) is 0 Å². The fourth-order valence-corrected chi connectivity index (χ4v) is 1.75. The monoisotopic (exact) mass is 261 g/mol. The first kappa shape index (κ1) is 12.7. The van der Waals surface area contributed by atoms with Gasteiger partial charge in [-0.3, -0.25) is 24.6 Å². The Morgan fingerprint density at radius 2 is 2.05 bits per heavy atom. The summed E-state index contributed by atoms with van der Waals surface area (Å²) >= 11 is 0. The fourth-order valence-electron chi connectivity index (χ4n) is 1.75. The van der Waals surface area contributed by atoms with Crippen LogP contribution >= 0.6 is 0 Å². The molecule has 19 heavy (non-hydrogen) atoms. The molecule has 0 saturated heterocycles. The number of amides is 1. The van der Waals surface area contributed by atoms with Crippen LogP contribution in [-0.2, 0) is 7.05 Å². The van der Waals surface area contributed by atoms with Crippen LogP contribution in [-0.4, -0.2) is 25.6 Å². The molecular formula is C11H11N5O3. The van der Waals surface area contributed by atoms with Gasteiger partial charge >= 0.3 is 5.69 Å². The normalized spacial score (nSPS) is 10.2. The van der Waals surface area contributed by atoms with Crippen molar-refractivity contribution in [3.63, 3.8) is 0 Å². The van der Waals surface area contributed by atoms with E-state index in [1.165, 1.54) is 31.0 Å². The highest BCUT2D eigenvalue weighted by atomic mass is 16.6. The van der Waals surface area contributed by atoms with Crippen LogP contribution < -0.4 is 5.32 Å². The van der Waals surface area contributed by atoms with E-state index in [1.807, 2.05) is 0 Å². The van der Waals surface area contributed by atoms with Crippen molar-refractivity contribution in [1.29, 1.82) is 0 Å². The maximum absolute atomic E-state index is 12.1. The lowest BCUT2D eigenvalue weighted by Crippen LogP contribution is -2.17. The zero-order chi connectivity index (χ0) is 14.0. The molecule has 0 aliphatic heterocycles. The Labute approximate surface area is 108 Å². The number of carbonyl (C=O) groups excluding carboxylic acids is 1. The van der Waals surface area contributed by atoms with Crippen LogP contribution in [0.3, 0.4) is 0 Å². The molecule has 2 rings (SSSR count). The Hall–Kier alpha value is -2.77. The van der Waals surface area contributed by atoms with Crippen LogP contribution in [0.25, 0.3) is 0 Å². The van der Waals surface area contributed by atoms with Crippen molar-refractivity contribution in [2.45, 2.75) is 6.92 Å². The van der Waals surface area contributed by atoms with E-state index < -0.39 is 10.8 Å². The van der Waals surface area contributed by atoms with Crippen LogP contribution in [0.4, 0.5) is 11.4 Å². The Balaban J connectivity index is 2.37. The first-order valence-electron chi connectivity index (χ1n) is 5.40. The van der Waals surface area contributed by atoms with E-state index in [4.69, 9.17) is 0 Å². The molecule has 0 bridgehead atoms. The average molecular weight is 261 g/mol. The molecule has 8 heteroatoms. The van der Waals surface area contributed by atoms with Crippen LogP contribution in [0, 0.1) is 17.0 Å². The van der Waals surface area contributed by atoms with E-state index in [1.54, 1.807) is 12.1 Å². The number of hydrogen-bond acceptors (Lipinski definition) is 5. The smallest absolute Gasteiger partial charge is 0.320 e. The van der Waals surface area contributed by atoms with Gasteiger partial charge in [0.2, 0.25) is 5.69 Å². The van der Waals surface area contributed by atoms with Crippen molar-refractivity contribution in [2.24, 2.45) is 7.05 Å². The second-order valence-corrected chi connectivity index (χ2v) is 3.85. The fraction of sp³-hybridized carbons (Fsp3) is 0.182. The van der Waals surface area contributed by atoms with E-state index in [-0.39, 0.29) is 17.1 Å². The van der Waals surface area contributed by atoms with Gasteiger partial charge in [-0.2, -0.15) is 5.10 Å². The van der Waals surface area contributed by atoms with Crippen molar-refractivity contribution < 1.29 is 9.72 Å². The predicted octanol–water partition coefficient (Wildman–Crippen LogP) is 1.28. The SMILES string of the molecule is Cc1nn(C)c(C(=O)Nc2ccncc2)c1[N+](=O)[O-]. The van der Waals surface area contributed by atoms with Crippen molar-refractivity contribution in [3.05, 3.63) is 46.0 Å². The van der Waals surface area contributed by atoms with Gasteiger partial charge in [-0.15, -0.1) is 0 Å². The molecule has 8 nitrogen and oxygen atoms in total. The van der Waals surface area contributed by atoms with Crippen LogP contribution in [0.1, 0.15) is 16.2 Å². The third-order valence-corrected chi connectivity index (χ3v) is 2.53. The molecule has 0 fully saturated rings. The minimum atomic E-state index is -0.607. The van der Waals surface area contributed by atoms with Gasteiger partial charge in [0.25, 0.3) is 5.91 Å². The number of pyridine rings is 1. The van der Waals surface area contributed by atoms with Gasteiger partial charge < -0.3 is 5.32 Å². The topological polar surface area (TPSA) is 103 Å². The first-order chi connectivity index (χ1) is 9.00. The van der Waals surface area contributed by atoms with E-state index >= 15 is 0 Å². The molecule has 0 saturated carbocycles. The summed E-state index contributed by atoms with van der Waals surface area (Å²) in [5, 5.41) is 17.4. The van der Waals surface area contributed by atoms with Crippen molar-refractivity contribution in [1.82, 2.24) is 14.8 Å². The summed E-state index contributed by atoms with van der Waals surface area (Å²) in [6, 6.07) is 3.18. The Bertz CT molecular complexity index is 635. The summed E-state index contributed by atoms with van der Waals surface area (Å²) in [5.41, 5.74) is 0.342. The summed E-state index contributed by atoms with van der Waals surface area (Å²) in [6.45, 7) is 1.49. The highest BCUT2D eigenvalue weighted by Gasteiger charge is 2.29. The van der Waals surface area contributed by atoms with Gasteiger partial charge in [0.15, 0.2) is 0 Å². The molecule has 2 aromatic heterocycles. The summed E-state index contributed by atoms with van der Waals surface area (Å²) in [7, 11) is 1.49. The third kappa shape index (κ3) is 2.41. The van der Waals surface area contributed by atoms with E-state index in [9.17, 15) is 14.9 Å². The van der Waals surface area contributed by atoms with Crippen LogP contribution in [0.15, 0.2) is 24.5 Å². The second-order valence-electron chi connectivity index (χ2n) is 3.85. The lowest BCUT2D eigenvalue weighted by Gasteiger charge is -2.04. The Morgan fingerprint density at radius 1 is 1.42 bits per heavy atom. The highest BCUT2D eigenvalue weighted by molar-refractivity contribution is 6.06. The maximum atomic E-state index is 12.1. The third-order valence-electron chi connectivity index (χ3n) is 2.53. The minimum absolute atomic E-state index is 0.0840. The number of anilines is 1. The second kappa shape index (κ2) is 4.84. The van der Waals surface area contributed by atoms with Gasteiger partial charge in [-0.05, 0) is 19.1 Å². The molecule has 98 valence electrons. The molecule has 1 N–H and O–H groups in total. The number of aromatic nitrogens is 3. The Kier molecular flexibility index (Phi) is 3.23. The molecule has 0 aliphatic carbocycles. The van der Waals surface area contributed by atoms with E-state index in [0.29, 0.717) is 5.69 Å². The largest absolute Gasteiger partial charge is 0.322 e. The molecule has 0 spiro atoms. The van der Waals surface area contributed by atoms with Crippen molar-refractivity contribution in [2.75, 3.05) is 5.32 Å². The molecule has 0 aromatic carbocycles. The van der Waals surface area contributed by atoms with Gasteiger partial charge in [-0.1, -0.05) is 0 Å². The minimum Gasteiger partial charge on any atom is -0.320 e. The number of aryl methyl sites for hydroxylation is 2. The van der Waals surface area contributed by atoms with Crippen LogP contribution in [0.5, 0.6) is 0 Å². The molecular weight excluding hydrogens is 250 g/mol. The number of rotatable bonds is 3. The summed E-state index contributed by atoms with van der Waals surface area (Å²) in [5.74, 6) is -0.582. The standard InChI is InChI=1S/C11H11N5O3/c1-7-9(16(18)19)10(15(2)14-7)11(17)13-8-3-5-12-6-4-8/h3-6H,1-2H3,(H,12,13,17). The zero-order valence-corrected chi connectivity index (χ0v) is 10.3. The summed E-state index contributed by atoms with van der Waals surface area (Å²) < 4.78 is 1.20. The molecule has 1 amide bonds. The molecule has 0 unspecified atom stereocenters. The molecule has 0 atom stereocenters. The highest BCUT2D eigenvalue weighted by Crippen LogP contribution is 2.23. The lowest BCUT2D eigenvalue weighted by atomic mass is 10.2. The summed E-state index contributed by atoms with van der Waals surface area (Å²) in [6.07, 6.45) is 3.02. The van der Waals surface area contributed by atoms with Gasteiger partial charge in [0, 0.05) is 25.1 Å².